The maximum absolute atomic E-state index is 13.0. The number of halogens is 1. The van der Waals surface area contributed by atoms with Gasteiger partial charge in [-0.3, -0.25) is 9.59 Å². The Morgan fingerprint density at radius 2 is 1.63 bits per heavy atom. The summed E-state index contributed by atoms with van der Waals surface area (Å²) in [6.07, 6.45) is 0.914. The Kier molecular flexibility index (Phi) is 7.54. The molecule has 0 atom stereocenters. The molecule has 1 heterocycles. The summed E-state index contributed by atoms with van der Waals surface area (Å²) in [5.41, 5.74) is 4.98. The van der Waals surface area contributed by atoms with Gasteiger partial charge in [-0.1, -0.05) is 48.0 Å². The summed E-state index contributed by atoms with van der Waals surface area (Å²) in [6, 6.07) is 22.4. The number of hydrogen-bond donors (Lipinski definition) is 2. The molecule has 4 rings (SSSR count). The summed E-state index contributed by atoms with van der Waals surface area (Å²) in [5.74, 6) is -0.210. The van der Waals surface area contributed by atoms with Crippen molar-refractivity contribution in [3.8, 4) is 0 Å². The smallest absolute Gasteiger partial charge is 0.258 e. The van der Waals surface area contributed by atoms with Crippen LogP contribution in [0, 0.1) is 0 Å². The van der Waals surface area contributed by atoms with E-state index in [1.807, 2.05) is 81.8 Å². The van der Waals surface area contributed by atoms with Gasteiger partial charge in [-0.05, 0) is 69.0 Å². The normalized spacial score (nSPS) is 13.9. The number of benzene rings is 3. The van der Waals surface area contributed by atoms with Gasteiger partial charge in [0.2, 0.25) is 0 Å². The first-order chi connectivity index (χ1) is 16.8. The van der Waals surface area contributed by atoms with E-state index in [4.69, 9.17) is 11.6 Å². The van der Waals surface area contributed by atoms with Crippen molar-refractivity contribution in [1.82, 2.24) is 9.80 Å². The summed E-state index contributed by atoms with van der Waals surface area (Å²) < 4.78 is 0. The SMILES string of the molecule is CN(C)CCCN(C)C(=O)c1ccc(NC(=C2C(=O)Nc3cc(Cl)ccc32)c2ccccc2)cc1. The van der Waals surface area contributed by atoms with Crippen LogP contribution in [0.4, 0.5) is 11.4 Å². The van der Waals surface area contributed by atoms with Gasteiger partial charge in [0, 0.05) is 35.4 Å². The molecule has 35 heavy (non-hydrogen) atoms. The van der Waals surface area contributed by atoms with E-state index in [0.29, 0.717) is 34.1 Å². The fourth-order valence-corrected chi connectivity index (χ4v) is 4.24. The van der Waals surface area contributed by atoms with Crippen LogP contribution in [-0.2, 0) is 4.79 Å². The molecular formula is C28H29ClN4O2. The lowest BCUT2D eigenvalue weighted by Gasteiger charge is -2.19. The van der Waals surface area contributed by atoms with Crippen molar-refractivity contribution in [3.63, 3.8) is 0 Å². The molecule has 0 fully saturated rings. The van der Waals surface area contributed by atoms with Crippen molar-refractivity contribution in [2.45, 2.75) is 6.42 Å². The van der Waals surface area contributed by atoms with Crippen molar-refractivity contribution >= 4 is 46.1 Å². The lowest BCUT2D eigenvalue weighted by molar-refractivity contribution is -0.110. The van der Waals surface area contributed by atoms with E-state index in [0.717, 1.165) is 29.8 Å². The van der Waals surface area contributed by atoms with E-state index in [1.165, 1.54) is 0 Å². The van der Waals surface area contributed by atoms with Gasteiger partial charge in [0.15, 0.2) is 0 Å². The average molecular weight is 489 g/mol. The van der Waals surface area contributed by atoms with Crippen molar-refractivity contribution in [1.29, 1.82) is 0 Å². The molecule has 0 aromatic heterocycles. The number of amides is 2. The lowest BCUT2D eigenvalue weighted by atomic mass is 10.00. The molecule has 0 spiro atoms. The van der Waals surface area contributed by atoms with Gasteiger partial charge >= 0.3 is 0 Å². The summed E-state index contributed by atoms with van der Waals surface area (Å²) in [7, 11) is 5.87. The number of carbonyl (C=O) groups is 2. The highest BCUT2D eigenvalue weighted by molar-refractivity contribution is 6.38. The molecule has 1 aliphatic heterocycles. The number of rotatable bonds is 8. The number of carbonyl (C=O) groups excluding carboxylic acids is 2. The van der Waals surface area contributed by atoms with Gasteiger partial charge in [0.1, 0.15) is 0 Å². The lowest BCUT2D eigenvalue weighted by Crippen LogP contribution is -2.29. The molecule has 1 aliphatic rings. The Balaban J connectivity index is 1.61. The van der Waals surface area contributed by atoms with Crippen LogP contribution in [0.15, 0.2) is 72.8 Å². The van der Waals surface area contributed by atoms with Crippen molar-refractivity contribution in [2.24, 2.45) is 0 Å². The molecule has 0 saturated heterocycles. The molecule has 3 aromatic rings. The summed E-state index contributed by atoms with van der Waals surface area (Å²) in [5, 5.41) is 6.89. The predicted octanol–water partition coefficient (Wildman–Crippen LogP) is 5.30. The molecule has 0 bridgehead atoms. The molecule has 3 aromatic carbocycles. The highest BCUT2D eigenvalue weighted by atomic mass is 35.5. The number of hydrogen-bond acceptors (Lipinski definition) is 4. The summed E-state index contributed by atoms with van der Waals surface area (Å²) in [6.45, 7) is 1.63. The third-order valence-corrected chi connectivity index (χ3v) is 6.12. The first kappa shape index (κ1) is 24.5. The van der Waals surface area contributed by atoms with Gasteiger partial charge in [0.25, 0.3) is 11.8 Å². The number of nitrogens with zero attached hydrogens (tertiary/aromatic N) is 2. The zero-order valence-corrected chi connectivity index (χ0v) is 20.9. The van der Waals surface area contributed by atoms with Gasteiger partial charge in [-0.15, -0.1) is 0 Å². The molecule has 2 N–H and O–H groups in total. The Bertz CT molecular complexity index is 1250. The second kappa shape index (κ2) is 10.8. The van der Waals surface area contributed by atoms with Gasteiger partial charge in [-0.2, -0.15) is 0 Å². The van der Waals surface area contributed by atoms with Crippen molar-refractivity contribution in [2.75, 3.05) is 44.9 Å². The van der Waals surface area contributed by atoms with Crippen molar-refractivity contribution < 1.29 is 9.59 Å². The first-order valence-electron chi connectivity index (χ1n) is 11.5. The standard InChI is InChI=1S/C28H29ClN4O2/c1-32(2)16-7-17-33(3)28(35)20-10-13-22(14-11-20)30-26(19-8-5-4-6-9-19)25-23-15-12-21(29)18-24(23)31-27(25)34/h4-6,8-15,18,30H,7,16-17H2,1-3H3,(H,31,34). The Morgan fingerprint density at radius 1 is 0.914 bits per heavy atom. The molecule has 2 amide bonds. The Morgan fingerprint density at radius 3 is 2.31 bits per heavy atom. The van der Waals surface area contributed by atoms with E-state index in [-0.39, 0.29) is 11.8 Å². The second-order valence-electron chi connectivity index (χ2n) is 8.85. The highest BCUT2D eigenvalue weighted by Crippen LogP contribution is 2.38. The van der Waals surface area contributed by atoms with E-state index >= 15 is 0 Å². The fourth-order valence-electron chi connectivity index (χ4n) is 4.06. The van der Waals surface area contributed by atoms with Gasteiger partial charge in [0.05, 0.1) is 17.0 Å². The predicted molar refractivity (Wildman–Crippen MR) is 144 cm³/mol. The number of fused-ring (bicyclic) bond motifs is 1. The zero-order valence-electron chi connectivity index (χ0n) is 20.1. The second-order valence-corrected chi connectivity index (χ2v) is 9.28. The van der Waals surface area contributed by atoms with E-state index in [9.17, 15) is 9.59 Å². The maximum Gasteiger partial charge on any atom is 0.258 e. The largest absolute Gasteiger partial charge is 0.354 e. The molecule has 180 valence electrons. The van der Waals surface area contributed by atoms with Crippen LogP contribution in [0.5, 0.6) is 0 Å². The molecule has 0 saturated carbocycles. The molecule has 0 aliphatic carbocycles. The molecule has 6 nitrogen and oxygen atoms in total. The number of anilines is 2. The minimum Gasteiger partial charge on any atom is -0.354 e. The Labute approximate surface area is 211 Å². The maximum atomic E-state index is 13.0. The average Bonchev–Trinajstić information content (AvgIpc) is 3.17. The first-order valence-corrected chi connectivity index (χ1v) is 11.9. The monoisotopic (exact) mass is 488 g/mol. The van der Waals surface area contributed by atoms with Crippen LogP contribution in [-0.4, -0.2) is 55.8 Å². The van der Waals surface area contributed by atoms with E-state index < -0.39 is 0 Å². The van der Waals surface area contributed by atoms with Crippen molar-refractivity contribution in [3.05, 3.63) is 94.5 Å². The molecule has 0 unspecified atom stereocenters. The van der Waals surface area contributed by atoms with E-state index in [1.54, 1.807) is 17.0 Å². The van der Waals surface area contributed by atoms with Crippen LogP contribution in [0.25, 0.3) is 11.3 Å². The third-order valence-electron chi connectivity index (χ3n) is 5.89. The number of nitrogens with one attached hydrogen (secondary N) is 2. The van der Waals surface area contributed by atoms with Crippen LogP contribution in [0.2, 0.25) is 5.02 Å². The van der Waals surface area contributed by atoms with E-state index in [2.05, 4.69) is 15.5 Å². The zero-order chi connectivity index (χ0) is 24.9. The Hall–Kier alpha value is -3.61. The summed E-state index contributed by atoms with van der Waals surface area (Å²) >= 11 is 6.13. The molecule has 0 radical (unpaired) electrons. The van der Waals surface area contributed by atoms with Crippen LogP contribution >= 0.6 is 11.6 Å². The third kappa shape index (κ3) is 5.73. The molecular weight excluding hydrogens is 460 g/mol. The topological polar surface area (TPSA) is 64.7 Å². The molecule has 7 heteroatoms. The minimum absolute atomic E-state index is 0.0158. The summed E-state index contributed by atoms with van der Waals surface area (Å²) in [4.78, 5) is 29.7. The highest BCUT2D eigenvalue weighted by Gasteiger charge is 2.28. The van der Waals surface area contributed by atoms with Crippen LogP contribution < -0.4 is 10.6 Å². The minimum atomic E-state index is -0.195. The fraction of sp³-hybridized carbons (Fsp3) is 0.214. The van der Waals surface area contributed by atoms with Crippen LogP contribution in [0.1, 0.15) is 27.9 Å². The van der Waals surface area contributed by atoms with Gasteiger partial charge < -0.3 is 20.4 Å². The van der Waals surface area contributed by atoms with Crippen LogP contribution in [0.3, 0.4) is 0 Å². The quantitative estimate of drug-likeness (QED) is 0.422. The van der Waals surface area contributed by atoms with Gasteiger partial charge in [-0.25, -0.2) is 0 Å².